The molecule has 252 valence electrons. The zero-order chi connectivity index (χ0) is 33.3. The van der Waals surface area contributed by atoms with E-state index in [1.165, 1.54) is 32.4 Å². The molecule has 14 heteroatoms. The first kappa shape index (κ1) is 33.2. The predicted octanol–water partition coefficient (Wildman–Crippen LogP) is 6.25. The van der Waals surface area contributed by atoms with Gasteiger partial charge in [-0.1, -0.05) is 0 Å². The van der Waals surface area contributed by atoms with E-state index in [1.807, 2.05) is 17.2 Å². The van der Waals surface area contributed by atoms with Crippen LogP contribution in [0.3, 0.4) is 0 Å². The fraction of sp³-hybridized carbons (Fsp3) is 0.515. The first-order valence-corrected chi connectivity index (χ1v) is 16.3. The van der Waals surface area contributed by atoms with E-state index in [2.05, 4.69) is 19.9 Å². The van der Waals surface area contributed by atoms with Crippen LogP contribution in [0.25, 0.3) is 0 Å². The van der Waals surface area contributed by atoms with Gasteiger partial charge in [-0.05, 0) is 63.9 Å². The van der Waals surface area contributed by atoms with Gasteiger partial charge in [-0.2, -0.15) is 13.2 Å². The smallest absolute Gasteiger partial charge is 0.406 e. The molecule has 0 atom stereocenters. The molecule has 6 rings (SSSR count). The summed E-state index contributed by atoms with van der Waals surface area (Å²) in [5.41, 5.74) is 1.98. The Bertz CT molecular complexity index is 1590. The fourth-order valence-corrected chi connectivity index (χ4v) is 6.84. The van der Waals surface area contributed by atoms with Gasteiger partial charge in [0.05, 0.1) is 11.8 Å². The van der Waals surface area contributed by atoms with Crippen molar-refractivity contribution in [1.29, 1.82) is 0 Å². The molecule has 2 fully saturated rings. The van der Waals surface area contributed by atoms with Crippen LogP contribution < -0.4 is 14.4 Å². The summed E-state index contributed by atoms with van der Waals surface area (Å²) in [5, 5.41) is 0. The lowest BCUT2D eigenvalue weighted by atomic mass is 9.61. The van der Waals surface area contributed by atoms with Crippen molar-refractivity contribution in [3.05, 3.63) is 65.6 Å². The number of pyridine rings is 1. The quantitative estimate of drug-likeness (QED) is 0.174. The molecule has 0 unspecified atom stereocenters. The Morgan fingerprint density at radius 1 is 1.15 bits per heavy atom. The van der Waals surface area contributed by atoms with Gasteiger partial charge < -0.3 is 19.3 Å². The van der Waals surface area contributed by atoms with Crippen LogP contribution in [0.1, 0.15) is 54.7 Å². The minimum absolute atomic E-state index is 0.0543. The van der Waals surface area contributed by atoms with Crippen LogP contribution in [0, 0.1) is 11.2 Å². The molecule has 3 aliphatic rings. The number of hydrogen-bond acceptors (Lipinski definition) is 8. The topological polar surface area (TPSA) is 83.9 Å². The zero-order valence-electron chi connectivity index (χ0n) is 26.3. The molecule has 0 bridgehead atoms. The molecule has 1 spiro atoms. The number of benzene rings is 1. The molecule has 3 aromatic rings. The molecule has 0 radical (unpaired) electrons. The zero-order valence-corrected chi connectivity index (χ0v) is 27.0. The van der Waals surface area contributed by atoms with Crippen molar-refractivity contribution < 1.29 is 31.8 Å². The second-order valence-corrected chi connectivity index (χ2v) is 13.3. The van der Waals surface area contributed by atoms with Crippen LogP contribution in [0.15, 0.2) is 43.0 Å². The summed E-state index contributed by atoms with van der Waals surface area (Å²) in [6.45, 7) is 5.56. The molecule has 1 saturated carbocycles. The highest BCUT2D eigenvalue weighted by molar-refractivity contribution is 6.17. The Balaban J connectivity index is 1.11. The van der Waals surface area contributed by atoms with Crippen molar-refractivity contribution >= 4 is 23.3 Å². The van der Waals surface area contributed by atoms with E-state index in [4.69, 9.17) is 21.1 Å². The average molecular weight is 677 g/mol. The van der Waals surface area contributed by atoms with Crippen LogP contribution in [0.4, 0.5) is 23.4 Å². The second kappa shape index (κ2) is 13.4. The maximum atomic E-state index is 14.3. The number of rotatable bonds is 11. The van der Waals surface area contributed by atoms with Gasteiger partial charge in [0.25, 0.3) is 5.91 Å². The Hall–Kier alpha value is -3.71. The summed E-state index contributed by atoms with van der Waals surface area (Å²) in [6.07, 6.45) is 3.65. The molecule has 1 saturated heterocycles. The summed E-state index contributed by atoms with van der Waals surface area (Å²) in [5.74, 6) is 0.367. The van der Waals surface area contributed by atoms with Crippen LogP contribution in [0.2, 0.25) is 0 Å². The minimum atomic E-state index is -4.63. The minimum Gasteiger partial charge on any atom is -0.490 e. The summed E-state index contributed by atoms with van der Waals surface area (Å²) >= 11 is 5.91. The number of amides is 1. The van der Waals surface area contributed by atoms with Gasteiger partial charge in [0.15, 0.2) is 11.6 Å². The molecule has 1 aliphatic carbocycles. The van der Waals surface area contributed by atoms with Gasteiger partial charge in [0, 0.05) is 67.4 Å². The van der Waals surface area contributed by atoms with Gasteiger partial charge in [-0.3, -0.25) is 14.7 Å². The van der Waals surface area contributed by atoms with Crippen molar-refractivity contribution in [2.75, 3.05) is 43.5 Å². The lowest BCUT2D eigenvalue weighted by Gasteiger charge is -2.59. The van der Waals surface area contributed by atoms with Crippen molar-refractivity contribution in [3.63, 3.8) is 0 Å². The number of aromatic nitrogens is 3. The highest BCUT2D eigenvalue weighted by atomic mass is 35.5. The summed E-state index contributed by atoms with van der Waals surface area (Å²) in [4.78, 5) is 31.4. The Labute approximate surface area is 275 Å². The number of ether oxygens (including phenoxy) is 2. The largest absolute Gasteiger partial charge is 0.490 e. The first-order chi connectivity index (χ1) is 22.4. The molecule has 2 aromatic heterocycles. The molecule has 0 N–H and O–H groups in total. The number of nitrogens with zero attached hydrogens (tertiary/aromatic N) is 6. The van der Waals surface area contributed by atoms with Gasteiger partial charge in [0.1, 0.15) is 36.3 Å². The Morgan fingerprint density at radius 3 is 2.66 bits per heavy atom. The fourth-order valence-electron chi connectivity index (χ4n) is 6.73. The van der Waals surface area contributed by atoms with Crippen LogP contribution >= 0.6 is 11.6 Å². The van der Waals surface area contributed by atoms with E-state index in [9.17, 15) is 22.4 Å². The Morgan fingerprint density at radius 2 is 1.94 bits per heavy atom. The third-order valence-corrected chi connectivity index (χ3v) is 9.28. The molecule has 2 aliphatic heterocycles. The second-order valence-electron chi connectivity index (χ2n) is 12.9. The first-order valence-electron chi connectivity index (χ1n) is 15.8. The van der Waals surface area contributed by atoms with E-state index >= 15 is 0 Å². The van der Waals surface area contributed by atoms with E-state index < -0.39 is 30.5 Å². The Kier molecular flexibility index (Phi) is 9.48. The average Bonchev–Trinajstić information content (AvgIpc) is 2.99. The lowest BCUT2D eigenvalue weighted by molar-refractivity contribution is -0.143. The predicted molar refractivity (Wildman–Crippen MR) is 168 cm³/mol. The highest BCUT2D eigenvalue weighted by Gasteiger charge is 2.54. The number of alkyl halides is 4. The lowest BCUT2D eigenvalue weighted by Crippen LogP contribution is -2.65. The summed E-state index contributed by atoms with van der Waals surface area (Å²) in [7, 11) is 0. The van der Waals surface area contributed by atoms with Gasteiger partial charge in [0.2, 0.25) is 0 Å². The van der Waals surface area contributed by atoms with Crippen molar-refractivity contribution in [3.8, 4) is 17.2 Å². The number of halogens is 5. The molecule has 1 aromatic carbocycles. The SMILES string of the molecule is CC(C)N(CC(F)(F)F)C(=O)c1cc(F)ccc1Oc1cncnc1N1CC2(CC(Oc3ccnc4c3CN(CCCCl)CC4)C2)C1. The number of fused-ring (bicyclic) bond motifs is 1. The van der Waals surface area contributed by atoms with Crippen molar-refractivity contribution in [2.45, 2.75) is 64.4 Å². The maximum Gasteiger partial charge on any atom is 0.406 e. The maximum absolute atomic E-state index is 14.3. The third kappa shape index (κ3) is 7.40. The number of carbonyl (C=O) groups is 1. The molecular weight excluding hydrogens is 640 g/mol. The van der Waals surface area contributed by atoms with Crippen LogP contribution in [0.5, 0.6) is 17.2 Å². The van der Waals surface area contributed by atoms with E-state index in [1.54, 1.807) is 0 Å². The normalized spacial score (nSPS) is 17.7. The third-order valence-electron chi connectivity index (χ3n) is 9.01. The van der Waals surface area contributed by atoms with Gasteiger partial charge >= 0.3 is 6.18 Å². The van der Waals surface area contributed by atoms with E-state index in [0.717, 1.165) is 74.5 Å². The number of carbonyl (C=O) groups excluding carboxylic acids is 1. The summed E-state index contributed by atoms with van der Waals surface area (Å²) in [6, 6.07) is 4.36. The molecule has 9 nitrogen and oxygen atoms in total. The van der Waals surface area contributed by atoms with Crippen LogP contribution in [-0.4, -0.2) is 87.6 Å². The monoisotopic (exact) mass is 676 g/mol. The molecule has 47 heavy (non-hydrogen) atoms. The van der Waals surface area contributed by atoms with Crippen LogP contribution in [-0.2, 0) is 13.0 Å². The highest BCUT2D eigenvalue weighted by Crippen LogP contribution is 2.52. The standard InChI is InChI=1S/C33H37ClF4N6O3/c1-21(2)44(19-33(36,37)38)31(45)24-12-22(35)4-5-27(24)47-29-15-39-20-41-30(29)43-17-32(18-43)13-23(14-32)46-28-6-9-40-26-7-11-42(10-3-8-34)16-25(26)28/h4-6,9,12,15,20-21,23H,3,7-8,10-11,13-14,16-19H2,1-2H3. The molecular formula is C33H37ClF4N6O3. The molecule has 1 amide bonds. The van der Waals surface area contributed by atoms with E-state index in [-0.39, 0.29) is 28.6 Å². The number of hydrogen-bond donors (Lipinski definition) is 0. The van der Waals surface area contributed by atoms with Gasteiger partial charge in [-0.25, -0.2) is 14.4 Å². The van der Waals surface area contributed by atoms with E-state index in [0.29, 0.717) is 29.7 Å². The van der Waals surface area contributed by atoms with Gasteiger partial charge in [-0.15, -0.1) is 11.6 Å². The summed E-state index contributed by atoms with van der Waals surface area (Å²) < 4.78 is 66.6. The van der Waals surface area contributed by atoms with Crippen molar-refractivity contribution in [2.24, 2.45) is 5.41 Å². The van der Waals surface area contributed by atoms with Crippen molar-refractivity contribution in [1.82, 2.24) is 24.8 Å². The number of anilines is 1. The molecule has 4 heterocycles.